The van der Waals surface area contributed by atoms with Gasteiger partial charge in [0.2, 0.25) is 11.9 Å². The molecule has 4 rings (SSSR count). The van der Waals surface area contributed by atoms with Gasteiger partial charge >= 0.3 is 0 Å². The number of aromatic nitrogens is 3. The maximum absolute atomic E-state index is 12.0. The highest BCUT2D eigenvalue weighted by Gasteiger charge is 2.50. The lowest BCUT2D eigenvalue weighted by molar-refractivity contribution is -0.148. The molecule has 3 heterocycles. The van der Waals surface area contributed by atoms with Crippen LogP contribution >= 0.6 is 11.6 Å². The molecule has 1 amide bonds. The van der Waals surface area contributed by atoms with Crippen LogP contribution in [0.5, 0.6) is 0 Å². The number of halogens is 1. The summed E-state index contributed by atoms with van der Waals surface area (Å²) >= 11 is 6.33. The topological polar surface area (TPSA) is 98.5 Å². The summed E-state index contributed by atoms with van der Waals surface area (Å²) in [6, 6.07) is 1.60. The molecule has 1 fully saturated rings. The fraction of sp³-hybridized carbons (Fsp3) is 0.526. The maximum atomic E-state index is 12.0. The summed E-state index contributed by atoms with van der Waals surface area (Å²) in [5.74, 6) is -0.984. The van der Waals surface area contributed by atoms with Crippen molar-refractivity contribution in [1.82, 2.24) is 14.5 Å². The monoisotopic (exact) mass is 406 g/mol. The molecule has 2 aromatic rings. The van der Waals surface area contributed by atoms with Gasteiger partial charge in [-0.3, -0.25) is 10.1 Å². The average Bonchev–Trinajstić information content (AvgIpc) is 3.25. The van der Waals surface area contributed by atoms with E-state index >= 15 is 0 Å². The number of ether oxygens (including phenoxy) is 2. The minimum Gasteiger partial charge on any atom is -0.392 e. The van der Waals surface area contributed by atoms with Crippen molar-refractivity contribution in [2.45, 2.75) is 51.7 Å². The first-order valence-corrected chi connectivity index (χ1v) is 9.60. The Hall–Kier alpha value is -2.00. The van der Waals surface area contributed by atoms with E-state index < -0.39 is 5.79 Å². The van der Waals surface area contributed by atoms with Crippen LogP contribution in [0.25, 0.3) is 11.0 Å². The molecule has 2 N–H and O–H groups in total. The number of hydrogen-bond donors (Lipinski definition) is 2. The highest BCUT2D eigenvalue weighted by molar-refractivity contribution is 6.34. The van der Waals surface area contributed by atoms with Crippen LogP contribution in [0, 0.1) is 5.92 Å². The Morgan fingerprint density at radius 2 is 2.14 bits per heavy atom. The normalized spacial score (nSPS) is 26.0. The lowest BCUT2D eigenvalue weighted by atomic mass is 10.1. The van der Waals surface area contributed by atoms with Crippen molar-refractivity contribution in [1.29, 1.82) is 0 Å². The van der Waals surface area contributed by atoms with Crippen molar-refractivity contribution in [3.63, 3.8) is 0 Å². The molecule has 8 nitrogen and oxygen atoms in total. The summed E-state index contributed by atoms with van der Waals surface area (Å²) in [4.78, 5) is 20.7. The van der Waals surface area contributed by atoms with Crippen LogP contribution in [0.3, 0.4) is 0 Å². The summed E-state index contributed by atoms with van der Waals surface area (Å²) in [5.41, 5.74) is 1.35. The Balaban J connectivity index is 1.76. The van der Waals surface area contributed by atoms with Gasteiger partial charge in [-0.2, -0.15) is 9.97 Å². The summed E-state index contributed by atoms with van der Waals surface area (Å²) in [6.07, 6.45) is 3.17. The molecule has 1 unspecified atom stereocenters. The van der Waals surface area contributed by atoms with E-state index in [-0.39, 0.29) is 47.8 Å². The number of nitrogens with one attached hydrogen (secondary N) is 1. The molecule has 3 atom stereocenters. The molecule has 0 bridgehead atoms. The van der Waals surface area contributed by atoms with Crippen molar-refractivity contribution in [2.24, 2.45) is 5.92 Å². The molecule has 9 heteroatoms. The van der Waals surface area contributed by atoms with Crippen molar-refractivity contribution in [2.75, 3.05) is 11.9 Å². The first kappa shape index (κ1) is 19.3. The summed E-state index contributed by atoms with van der Waals surface area (Å²) in [6.45, 7) is 7.17. The van der Waals surface area contributed by atoms with Crippen LogP contribution in [-0.4, -0.2) is 50.2 Å². The summed E-state index contributed by atoms with van der Waals surface area (Å²) < 4.78 is 14.0. The minimum absolute atomic E-state index is 0.109. The zero-order valence-electron chi connectivity index (χ0n) is 16.1. The predicted molar refractivity (Wildman–Crippen MR) is 104 cm³/mol. The molecular formula is C19H23ClN4O4. The van der Waals surface area contributed by atoms with Crippen LogP contribution in [0.15, 0.2) is 23.9 Å². The molecule has 2 aromatic heterocycles. The maximum Gasteiger partial charge on any atom is 0.232 e. The van der Waals surface area contributed by atoms with Crippen molar-refractivity contribution in [3.8, 4) is 0 Å². The van der Waals surface area contributed by atoms with Gasteiger partial charge in [0.05, 0.1) is 18.0 Å². The van der Waals surface area contributed by atoms with Crippen LogP contribution in [0.2, 0.25) is 5.15 Å². The van der Waals surface area contributed by atoms with E-state index in [4.69, 9.17) is 21.1 Å². The van der Waals surface area contributed by atoms with Gasteiger partial charge in [-0.25, -0.2) is 0 Å². The van der Waals surface area contributed by atoms with Gasteiger partial charge in [0, 0.05) is 12.1 Å². The molecule has 1 aliphatic heterocycles. The lowest BCUT2D eigenvalue weighted by Gasteiger charge is -2.22. The molecule has 1 aliphatic carbocycles. The number of anilines is 1. The predicted octanol–water partition coefficient (Wildman–Crippen LogP) is 2.67. The summed E-state index contributed by atoms with van der Waals surface area (Å²) in [7, 11) is 0. The zero-order valence-corrected chi connectivity index (χ0v) is 16.9. The summed E-state index contributed by atoms with van der Waals surface area (Å²) in [5, 5.41) is 13.4. The number of hydrogen-bond acceptors (Lipinski definition) is 6. The second-order valence-corrected chi connectivity index (χ2v) is 8.21. The van der Waals surface area contributed by atoms with Crippen LogP contribution < -0.4 is 5.32 Å². The fourth-order valence-corrected chi connectivity index (χ4v) is 3.89. The number of carbonyl (C=O) groups is 1. The number of carbonyl (C=O) groups excluding carboxylic acids is 1. The Morgan fingerprint density at radius 3 is 2.82 bits per heavy atom. The number of rotatable bonds is 4. The van der Waals surface area contributed by atoms with Gasteiger partial charge in [0.25, 0.3) is 0 Å². The quantitative estimate of drug-likeness (QED) is 0.598. The highest BCUT2D eigenvalue weighted by atomic mass is 35.5. The van der Waals surface area contributed by atoms with Gasteiger partial charge < -0.3 is 19.1 Å². The molecule has 28 heavy (non-hydrogen) atoms. The Bertz CT molecular complexity index is 968. The third-order valence-corrected chi connectivity index (χ3v) is 5.29. The van der Waals surface area contributed by atoms with E-state index in [0.29, 0.717) is 11.0 Å². The average molecular weight is 407 g/mol. The van der Waals surface area contributed by atoms with Gasteiger partial charge in [-0.1, -0.05) is 31.5 Å². The van der Waals surface area contributed by atoms with Crippen molar-refractivity contribution < 1.29 is 19.4 Å². The van der Waals surface area contributed by atoms with E-state index in [1.54, 1.807) is 13.8 Å². The van der Waals surface area contributed by atoms with E-state index in [9.17, 15) is 9.90 Å². The van der Waals surface area contributed by atoms with Gasteiger partial charge in [-0.15, -0.1) is 0 Å². The largest absolute Gasteiger partial charge is 0.392 e. The Morgan fingerprint density at radius 1 is 1.39 bits per heavy atom. The van der Waals surface area contributed by atoms with Crippen LogP contribution in [-0.2, 0) is 14.3 Å². The number of nitrogens with zero attached hydrogens (tertiary/aromatic N) is 3. The minimum atomic E-state index is -0.742. The second-order valence-electron chi connectivity index (χ2n) is 7.85. The first-order valence-electron chi connectivity index (χ1n) is 9.22. The second kappa shape index (κ2) is 6.81. The molecular weight excluding hydrogens is 384 g/mol. The molecule has 0 radical (unpaired) electrons. The Kier molecular flexibility index (Phi) is 4.70. The number of fused-ring (bicyclic) bond motifs is 2. The zero-order chi connectivity index (χ0) is 20.2. The van der Waals surface area contributed by atoms with E-state index in [2.05, 4.69) is 15.3 Å². The van der Waals surface area contributed by atoms with Gasteiger partial charge in [0.15, 0.2) is 5.79 Å². The molecule has 2 aliphatic rings. The van der Waals surface area contributed by atoms with Crippen molar-refractivity contribution >= 4 is 34.5 Å². The number of amides is 1. The number of aliphatic hydroxyl groups is 1. The fourth-order valence-electron chi connectivity index (χ4n) is 3.66. The van der Waals surface area contributed by atoms with Crippen LogP contribution in [0.4, 0.5) is 5.95 Å². The Labute approximate surface area is 167 Å². The van der Waals surface area contributed by atoms with E-state index in [1.807, 2.05) is 36.8 Å². The standard InChI is InChI=1S/C19H23ClN4O4/c1-9(2)17(26)23-18-21-15(20)11-5-6-24(16(11)22-18)12-7-10(8-25)13-14(12)28-19(3,4)27-13/h5-7,9,12-14,25H,8H2,1-4H3,(H,21,22,23,26)/t12-,13+,14?/m1/s1. The van der Waals surface area contributed by atoms with Crippen molar-refractivity contribution in [3.05, 3.63) is 29.1 Å². The molecule has 150 valence electrons. The smallest absolute Gasteiger partial charge is 0.232 e. The molecule has 0 saturated carbocycles. The third-order valence-electron chi connectivity index (χ3n) is 5.00. The van der Waals surface area contributed by atoms with Gasteiger partial charge in [-0.05, 0) is 25.5 Å². The highest BCUT2D eigenvalue weighted by Crippen LogP contribution is 2.44. The molecule has 0 aromatic carbocycles. The SMILES string of the molecule is CC(C)C(=O)Nc1nc(Cl)c2ccn([C@@H]3C=C(CO)[C@@H]4OC(C)(C)OC34)c2n1. The molecule has 1 saturated heterocycles. The molecule has 0 spiro atoms. The van der Waals surface area contributed by atoms with E-state index in [1.165, 1.54) is 0 Å². The number of aliphatic hydroxyl groups excluding tert-OH is 1. The van der Waals surface area contributed by atoms with Crippen LogP contribution in [0.1, 0.15) is 33.7 Å². The lowest BCUT2D eigenvalue weighted by Crippen LogP contribution is -2.28. The van der Waals surface area contributed by atoms with E-state index in [0.717, 1.165) is 5.57 Å². The third kappa shape index (κ3) is 3.20. The van der Waals surface area contributed by atoms with Gasteiger partial charge in [0.1, 0.15) is 23.0 Å². The first-order chi connectivity index (χ1) is 13.2.